The maximum absolute atomic E-state index is 12.4. The molecular weight excluding hydrogens is 252 g/mol. The molecule has 1 aliphatic rings. The number of thiazole rings is 1. The van der Waals surface area contributed by atoms with Gasteiger partial charge in [-0.2, -0.15) is 0 Å². The number of aryl methyl sites for hydroxylation is 2. The van der Waals surface area contributed by atoms with Crippen LogP contribution in [0.3, 0.4) is 0 Å². The van der Waals surface area contributed by atoms with Gasteiger partial charge in [0.2, 0.25) is 0 Å². The molecule has 0 spiro atoms. The first-order valence-electron chi connectivity index (χ1n) is 5.96. The van der Waals surface area contributed by atoms with Gasteiger partial charge in [-0.1, -0.05) is 0 Å². The third-order valence-electron chi connectivity index (χ3n) is 3.15. The van der Waals surface area contributed by atoms with Crippen molar-refractivity contribution in [1.29, 1.82) is 0 Å². The maximum Gasteiger partial charge on any atom is 0.305 e. The predicted octanol–water partition coefficient (Wildman–Crippen LogP) is 1.84. The Morgan fingerprint density at radius 2 is 2.22 bits per heavy atom. The minimum atomic E-state index is -0.856. The minimum Gasteiger partial charge on any atom is -0.481 e. The van der Waals surface area contributed by atoms with E-state index >= 15 is 0 Å². The van der Waals surface area contributed by atoms with Crippen LogP contribution in [-0.2, 0) is 4.79 Å². The molecule has 6 heteroatoms. The van der Waals surface area contributed by atoms with Crippen molar-refractivity contribution < 1.29 is 14.7 Å². The second-order valence-electron chi connectivity index (χ2n) is 4.53. The quantitative estimate of drug-likeness (QED) is 0.908. The van der Waals surface area contributed by atoms with Gasteiger partial charge in [-0.15, -0.1) is 11.3 Å². The second kappa shape index (κ2) is 5.06. The zero-order chi connectivity index (χ0) is 13.3. The number of aromatic nitrogens is 1. The fourth-order valence-corrected chi connectivity index (χ4v) is 3.19. The number of carboxylic acids is 1. The highest BCUT2D eigenvalue weighted by Crippen LogP contribution is 2.25. The number of rotatable bonds is 3. The van der Waals surface area contributed by atoms with E-state index in [1.165, 1.54) is 11.3 Å². The summed E-state index contributed by atoms with van der Waals surface area (Å²) in [4.78, 5) is 29.9. The molecule has 0 saturated carbocycles. The second-order valence-corrected chi connectivity index (χ2v) is 5.94. The lowest BCUT2D eigenvalue weighted by Gasteiger charge is -2.22. The van der Waals surface area contributed by atoms with Crippen LogP contribution in [-0.4, -0.2) is 39.5 Å². The first-order valence-corrected chi connectivity index (χ1v) is 6.77. The molecule has 1 unspecified atom stereocenters. The zero-order valence-electron chi connectivity index (χ0n) is 10.5. The lowest BCUT2D eigenvalue weighted by molar-refractivity contribution is -0.137. The largest absolute Gasteiger partial charge is 0.481 e. The van der Waals surface area contributed by atoms with E-state index in [-0.39, 0.29) is 18.4 Å². The van der Waals surface area contributed by atoms with E-state index in [1.807, 2.05) is 13.8 Å². The van der Waals surface area contributed by atoms with Gasteiger partial charge in [0.05, 0.1) is 11.4 Å². The Bertz CT molecular complexity index is 484. The Morgan fingerprint density at radius 3 is 2.78 bits per heavy atom. The zero-order valence-corrected chi connectivity index (χ0v) is 11.3. The van der Waals surface area contributed by atoms with E-state index < -0.39 is 5.97 Å². The van der Waals surface area contributed by atoms with Crippen molar-refractivity contribution in [3.63, 3.8) is 0 Å². The maximum atomic E-state index is 12.4. The number of nitrogens with zero attached hydrogens (tertiary/aromatic N) is 2. The van der Waals surface area contributed by atoms with Crippen molar-refractivity contribution in [1.82, 2.24) is 9.88 Å². The SMILES string of the molecule is Cc1nc(C(=O)N2CCCC2CC(=O)O)c(C)s1. The predicted molar refractivity (Wildman–Crippen MR) is 67.9 cm³/mol. The molecule has 98 valence electrons. The van der Waals surface area contributed by atoms with E-state index in [2.05, 4.69) is 4.98 Å². The topological polar surface area (TPSA) is 70.5 Å². The van der Waals surface area contributed by atoms with Gasteiger partial charge in [-0.05, 0) is 26.7 Å². The molecule has 1 atom stereocenters. The number of likely N-dealkylation sites (tertiary alicyclic amines) is 1. The van der Waals surface area contributed by atoms with Crippen molar-refractivity contribution in [2.45, 2.75) is 39.2 Å². The van der Waals surface area contributed by atoms with Gasteiger partial charge in [0, 0.05) is 17.5 Å². The van der Waals surface area contributed by atoms with Crippen LogP contribution in [0.25, 0.3) is 0 Å². The molecular formula is C12H16N2O3S. The molecule has 5 nitrogen and oxygen atoms in total. The number of aliphatic carboxylic acids is 1. The van der Waals surface area contributed by atoms with Gasteiger partial charge in [0.1, 0.15) is 5.69 Å². The molecule has 0 aliphatic carbocycles. The average Bonchev–Trinajstić information content (AvgIpc) is 2.83. The summed E-state index contributed by atoms with van der Waals surface area (Å²) < 4.78 is 0. The Labute approximate surface area is 109 Å². The van der Waals surface area contributed by atoms with Crippen LogP contribution >= 0.6 is 11.3 Å². The van der Waals surface area contributed by atoms with Crippen LogP contribution < -0.4 is 0 Å². The summed E-state index contributed by atoms with van der Waals surface area (Å²) in [5, 5.41) is 9.72. The summed E-state index contributed by atoms with van der Waals surface area (Å²) in [5.41, 5.74) is 0.481. The number of amides is 1. The van der Waals surface area contributed by atoms with Crippen LogP contribution in [0.4, 0.5) is 0 Å². The molecule has 2 rings (SSSR count). The Hall–Kier alpha value is -1.43. The van der Waals surface area contributed by atoms with E-state index in [9.17, 15) is 9.59 Å². The standard InChI is InChI=1S/C12H16N2O3S/c1-7-11(13-8(2)18-7)12(17)14-5-3-4-9(14)6-10(15)16/h9H,3-6H2,1-2H3,(H,15,16). The highest BCUT2D eigenvalue weighted by atomic mass is 32.1. The van der Waals surface area contributed by atoms with Crippen molar-refractivity contribution in [3.8, 4) is 0 Å². The molecule has 1 fully saturated rings. The van der Waals surface area contributed by atoms with E-state index in [4.69, 9.17) is 5.11 Å². The molecule has 1 aromatic rings. The summed E-state index contributed by atoms with van der Waals surface area (Å²) in [5.74, 6) is -0.980. The van der Waals surface area contributed by atoms with Crippen LogP contribution in [0.1, 0.15) is 39.6 Å². The van der Waals surface area contributed by atoms with Gasteiger partial charge >= 0.3 is 5.97 Å². The minimum absolute atomic E-state index is 0.0217. The smallest absolute Gasteiger partial charge is 0.305 e. The molecule has 2 heterocycles. The molecule has 1 saturated heterocycles. The summed E-state index contributed by atoms with van der Waals surface area (Å²) in [6.45, 7) is 4.38. The molecule has 0 bridgehead atoms. The lowest BCUT2D eigenvalue weighted by Crippen LogP contribution is -2.37. The molecule has 1 aromatic heterocycles. The Kier molecular flexibility index (Phi) is 3.65. The van der Waals surface area contributed by atoms with Crippen molar-refractivity contribution >= 4 is 23.2 Å². The number of carbonyl (C=O) groups excluding carboxylic acids is 1. The Balaban J connectivity index is 2.17. The molecule has 0 aromatic carbocycles. The molecule has 0 radical (unpaired) electrons. The fourth-order valence-electron chi connectivity index (χ4n) is 2.38. The molecule has 18 heavy (non-hydrogen) atoms. The average molecular weight is 268 g/mol. The van der Waals surface area contributed by atoms with Crippen LogP contribution in [0.15, 0.2) is 0 Å². The summed E-state index contributed by atoms with van der Waals surface area (Å²) in [6.07, 6.45) is 1.65. The lowest BCUT2D eigenvalue weighted by atomic mass is 10.1. The van der Waals surface area contributed by atoms with Gasteiger partial charge < -0.3 is 10.0 Å². The van der Waals surface area contributed by atoms with Crippen molar-refractivity contribution in [2.75, 3.05) is 6.54 Å². The van der Waals surface area contributed by atoms with Crippen molar-refractivity contribution in [3.05, 3.63) is 15.6 Å². The first kappa shape index (κ1) is 13.0. The monoisotopic (exact) mass is 268 g/mol. The summed E-state index contributed by atoms with van der Waals surface area (Å²) >= 11 is 1.50. The van der Waals surface area contributed by atoms with E-state index in [1.54, 1.807) is 4.90 Å². The number of hydrogen-bond acceptors (Lipinski definition) is 4. The molecule has 1 N–H and O–H groups in total. The van der Waals surface area contributed by atoms with Gasteiger partial charge in [0.15, 0.2) is 0 Å². The van der Waals surface area contributed by atoms with Gasteiger partial charge in [-0.3, -0.25) is 9.59 Å². The Morgan fingerprint density at radius 1 is 1.50 bits per heavy atom. The summed E-state index contributed by atoms with van der Waals surface area (Å²) in [7, 11) is 0. The third-order valence-corrected chi connectivity index (χ3v) is 4.04. The summed E-state index contributed by atoms with van der Waals surface area (Å²) in [6, 6.07) is -0.184. The molecule has 1 amide bonds. The van der Waals surface area contributed by atoms with E-state index in [0.29, 0.717) is 12.2 Å². The van der Waals surface area contributed by atoms with Crippen LogP contribution in [0, 0.1) is 13.8 Å². The number of carboxylic acid groups (broad SMARTS) is 1. The first-order chi connectivity index (χ1) is 8.49. The third kappa shape index (κ3) is 2.53. The van der Waals surface area contributed by atoms with Gasteiger partial charge in [0.25, 0.3) is 5.91 Å². The fraction of sp³-hybridized carbons (Fsp3) is 0.583. The van der Waals surface area contributed by atoms with E-state index in [0.717, 1.165) is 22.7 Å². The van der Waals surface area contributed by atoms with Crippen molar-refractivity contribution in [2.24, 2.45) is 0 Å². The van der Waals surface area contributed by atoms with Gasteiger partial charge in [-0.25, -0.2) is 4.98 Å². The van der Waals surface area contributed by atoms with Crippen LogP contribution in [0.5, 0.6) is 0 Å². The highest BCUT2D eigenvalue weighted by molar-refractivity contribution is 7.11. The van der Waals surface area contributed by atoms with Crippen LogP contribution in [0.2, 0.25) is 0 Å². The number of hydrogen-bond donors (Lipinski definition) is 1. The normalized spacial score (nSPS) is 19.2. The number of carbonyl (C=O) groups is 2. The molecule has 1 aliphatic heterocycles. The highest BCUT2D eigenvalue weighted by Gasteiger charge is 2.32.